The lowest BCUT2D eigenvalue weighted by Crippen LogP contribution is -2.22. The number of hydrogen-bond acceptors (Lipinski definition) is 5. The summed E-state index contributed by atoms with van der Waals surface area (Å²) in [7, 11) is 0. The van der Waals surface area contributed by atoms with Crippen LogP contribution < -0.4 is 10.9 Å². The highest BCUT2D eigenvalue weighted by Crippen LogP contribution is 2.22. The summed E-state index contributed by atoms with van der Waals surface area (Å²) in [6.07, 6.45) is 1.58. The highest BCUT2D eigenvalue weighted by molar-refractivity contribution is 9.10. The van der Waals surface area contributed by atoms with E-state index in [0.29, 0.717) is 33.6 Å². The molecule has 1 amide bonds. The smallest absolute Gasteiger partial charge is 0.261 e. The molecule has 0 unspecified atom stereocenters. The van der Waals surface area contributed by atoms with Crippen LogP contribution in [0.15, 0.2) is 74.7 Å². The highest BCUT2D eigenvalue weighted by atomic mass is 79.9. The first kappa shape index (κ1) is 21.0. The van der Waals surface area contributed by atoms with E-state index in [1.807, 2.05) is 50.2 Å². The first-order valence-corrected chi connectivity index (χ1v) is 10.5. The van der Waals surface area contributed by atoms with Crippen molar-refractivity contribution < 1.29 is 14.3 Å². The molecule has 6 nitrogen and oxygen atoms in total. The number of aromatic nitrogens is 1. The number of hydrogen-bond donors (Lipinski definition) is 2. The van der Waals surface area contributed by atoms with E-state index in [2.05, 4.69) is 31.2 Å². The summed E-state index contributed by atoms with van der Waals surface area (Å²) in [4.78, 5) is 22.1. The van der Waals surface area contributed by atoms with Crippen LogP contribution in [0.2, 0.25) is 0 Å². The van der Waals surface area contributed by atoms with Crippen molar-refractivity contribution in [3.63, 3.8) is 0 Å². The third-order valence-electron chi connectivity index (χ3n) is 4.80. The number of aliphatic hydroxyl groups excluding tert-OH is 1. The maximum Gasteiger partial charge on any atom is 0.261 e. The normalized spacial score (nSPS) is 11.7. The lowest BCUT2D eigenvalue weighted by molar-refractivity contribution is 0.102. The molecule has 0 radical (unpaired) electrons. The van der Waals surface area contributed by atoms with Gasteiger partial charge in [-0.3, -0.25) is 9.78 Å². The monoisotopic (exact) mass is 477 g/mol. The number of carbonyl (C=O) groups excluding carboxylic acids is 1. The molecule has 2 heterocycles. The van der Waals surface area contributed by atoms with E-state index in [1.165, 1.54) is 0 Å². The van der Waals surface area contributed by atoms with E-state index in [-0.39, 0.29) is 23.6 Å². The molecule has 0 spiro atoms. The molecule has 31 heavy (non-hydrogen) atoms. The predicted molar refractivity (Wildman–Crippen MR) is 123 cm³/mol. The van der Waals surface area contributed by atoms with E-state index < -0.39 is 0 Å². The Morgan fingerprint density at radius 2 is 1.94 bits per heavy atom. The fourth-order valence-electron chi connectivity index (χ4n) is 3.21. The third kappa shape index (κ3) is 4.57. The number of nitrogens with zero attached hydrogens (tertiary/aromatic N) is 2. The first-order valence-electron chi connectivity index (χ1n) is 9.66. The number of anilines is 1. The van der Waals surface area contributed by atoms with Gasteiger partial charge in [0.1, 0.15) is 5.56 Å². The molecule has 2 aromatic heterocycles. The molecule has 0 fully saturated rings. The fourth-order valence-corrected chi connectivity index (χ4v) is 3.47. The van der Waals surface area contributed by atoms with Crippen molar-refractivity contribution in [2.75, 3.05) is 5.32 Å². The molecule has 0 aliphatic rings. The lowest BCUT2D eigenvalue weighted by Gasteiger charge is -2.10. The maximum absolute atomic E-state index is 13.2. The van der Waals surface area contributed by atoms with Gasteiger partial charge in [0.15, 0.2) is 5.58 Å². The Hall–Kier alpha value is -3.29. The second-order valence-electron chi connectivity index (χ2n) is 7.15. The number of aliphatic hydroxyl groups is 1. The number of nitrogens with one attached hydrogen (secondary N) is 1. The Bertz CT molecular complexity index is 1340. The number of carbonyl (C=O) groups is 1. The molecular weight excluding hydrogens is 458 g/mol. The van der Waals surface area contributed by atoms with Crippen molar-refractivity contribution in [2.45, 2.75) is 20.5 Å². The zero-order valence-electron chi connectivity index (χ0n) is 17.0. The van der Waals surface area contributed by atoms with Crippen molar-refractivity contribution in [1.29, 1.82) is 0 Å². The summed E-state index contributed by atoms with van der Waals surface area (Å²) in [6, 6.07) is 16.6. The van der Waals surface area contributed by atoms with Gasteiger partial charge in [-0.25, -0.2) is 4.99 Å². The van der Waals surface area contributed by atoms with E-state index in [1.54, 1.807) is 24.4 Å². The third-order valence-corrected chi connectivity index (χ3v) is 5.33. The molecule has 7 heteroatoms. The van der Waals surface area contributed by atoms with Gasteiger partial charge >= 0.3 is 0 Å². The fraction of sp³-hybridized carbons (Fsp3) is 0.125. The molecule has 0 atom stereocenters. The van der Waals surface area contributed by atoms with Gasteiger partial charge in [0.05, 0.1) is 18.0 Å². The van der Waals surface area contributed by atoms with E-state index in [0.717, 1.165) is 10.0 Å². The summed E-state index contributed by atoms with van der Waals surface area (Å²) in [5.41, 5.74) is 4.50. The Kier molecular flexibility index (Phi) is 5.97. The summed E-state index contributed by atoms with van der Waals surface area (Å²) in [5, 5.41) is 13.2. The lowest BCUT2D eigenvalue weighted by atomic mass is 10.1. The van der Waals surface area contributed by atoms with Crippen molar-refractivity contribution >= 4 is 44.2 Å². The van der Waals surface area contributed by atoms with Gasteiger partial charge < -0.3 is 14.8 Å². The van der Waals surface area contributed by atoms with E-state index in [9.17, 15) is 9.90 Å². The number of rotatable bonds is 4. The zero-order valence-corrected chi connectivity index (χ0v) is 18.6. The van der Waals surface area contributed by atoms with Crippen LogP contribution in [0.5, 0.6) is 0 Å². The Balaban J connectivity index is 1.92. The number of halogens is 1. The van der Waals surface area contributed by atoms with Gasteiger partial charge in [-0.05, 0) is 61.9 Å². The minimum Gasteiger partial charge on any atom is -0.436 e. The average molecular weight is 478 g/mol. The second kappa shape index (κ2) is 8.83. The molecule has 0 bridgehead atoms. The summed E-state index contributed by atoms with van der Waals surface area (Å²) >= 11 is 3.39. The van der Waals surface area contributed by atoms with Crippen LogP contribution in [0.4, 0.5) is 11.4 Å². The van der Waals surface area contributed by atoms with Gasteiger partial charge in [-0.15, -0.1) is 0 Å². The van der Waals surface area contributed by atoms with Crippen LogP contribution in [0.1, 0.15) is 27.2 Å². The summed E-state index contributed by atoms with van der Waals surface area (Å²) in [6.45, 7) is 3.56. The van der Waals surface area contributed by atoms with Crippen LogP contribution in [0, 0.1) is 13.8 Å². The van der Waals surface area contributed by atoms with Crippen LogP contribution >= 0.6 is 15.9 Å². The van der Waals surface area contributed by atoms with Crippen molar-refractivity contribution in [3.8, 4) is 0 Å². The van der Waals surface area contributed by atoms with Gasteiger partial charge in [0, 0.05) is 27.3 Å². The largest absolute Gasteiger partial charge is 0.436 e. The molecule has 0 saturated carbocycles. The van der Waals surface area contributed by atoms with Crippen LogP contribution in [0.3, 0.4) is 0 Å². The topological polar surface area (TPSA) is 87.7 Å². The molecule has 4 aromatic rings. The van der Waals surface area contributed by atoms with Gasteiger partial charge in [0.2, 0.25) is 5.55 Å². The van der Waals surface area contributed by atoms with Gasteiger partial charge in [-0.1, -0.05) is 28.1 Å². The number of benzene rings is 2. The zero-order chi connectivity index (χ0) is 22.0. The van der Waals surface area contributed by atoms with Gasteiger partial charge in [0.25, 0.3) is 5.91 Å². The van der Waals surface area contributed by atoms with Crippen molar-refractivity contribution in [2.24, 2.45) is 4.99 Å². The SMILES string of the molecule is Cc1cccc(N=c2oc3c(C)ncc(CO)c3cc2C(=O)Nc2ccc(Br)cc2)c1. The molecule has 0 aliphatic heterocycles. The predicted octanol–water partition coefficient (Wildman–Crippen LogP) is 5.18. The number of fused-ring (bicyclic) bond motifs is 1. The molecule has 2 aromatic carbocycles. The minimum absolute atomic E-state index is 0.174. The molecule has 0 saturated heterocycles. The quantitative estimate of drug-likeness (QED) is 0.423. The van der Waals surface area contributed by atoms with Crippen LogP contribution in [-0.4, -0.2) is 16.0 Å². The Morgan fingerprint density at radius 1 is 1.16 bits per heavy atom. The molecular formula is C24H20BrN3O3. The standard InChI is InChI=1S/C24H20BrN3O3/c1-14-4-3-5-19(10-14)28-24-21(23(30)27-18-8-6-17(25)7-9-18)11-20-16(13-29)12-26-15(2)22(20)31-24/h3-12,29H,13H2,1-2H3,(H,27,30). The Morgan fingerprint density at radius 3 is 2.65 bits per heavy atom. The summed E-state index contributed by atoms with van der Waals surface area (Å²) < 4.78 is 6.99. The molecule has 156 valence electrons. The number of amides is 1. The van der Waals surface area contributed by atoms with Crippen molar-refractivity contribution in [1.82, 2.24) is 4.98 Å². The second-order valence-corrected chi connectivity index (χ2v) is 8.06. The van der Waals surface area contributed by atoms with E-state index in [4.69, 9.17) is 4.42 Å². The molecule has 0 aliphatic carbocycles. The molecule has 2 N–H and O–H groups in total. The molecule has 4 rings (SSSR count). The number of pyridine rings is 1. The minimum atomic E-state index is -0.363. The Labute approximate surface area is 187 Å². The maximum atomic E-state index is 13.2. The number of aryl methyl sites for hydroxylation is 2. The van der Waals surface area contributed by atoms with Crippen LogP contribution in [0.25, 0.3) is 11.0 Å². The van der Waals surface area contributed by atoms with E-state index >= 15 is 0 Å². The summed E-state index contributed by atoms with van der Waals surface area (Å²) in [5.74, 6) is -0.363. The average Bonchev–Trinajstić information content (AvgIpc) is 2.75. The highest BCUT2D eigenvalue weighted by Gasteiger charge is 2.16. The van der Waals surface area contributed by atoms with Crippen LogP contribution in [-0.2, 0) is 6.61 Å². The van der Waals surface area contributed by atoms with Gasteiger partial charge in [-0.2, -0.15) is 0 Å². The van der Waals surface area contributed by atoms with Crippen molar-refractivity contribution in [3.05, 3.63) is 93.2 Å². The first-order chi connectivity index (χ1) is 14.9.